The molecule has 6 nitrogen and oxygen atoms in total. The van der Waals surface area contributed by atoms with Crippen LogP contribution in [0.4, 0.5) is 4.79 Å². The number of imide groups is 1. The summed E-state index contributed by atoms with van der Waals surface area (Å²) >= 11 is 0. The molecule has 0 bridgehead atoms. The Hall–Kier alpha value is -2.37. The van der Waals surface area contributed by atoms with Crippen LogP contribution >= 0.6 is 0 Å². The van der Waals surface area contributed by atoms with Crippen LogP contribution in [0.3, 0.4) is 0 Å². The first-order valence-electron chi connectivity index (χ1n) is 6.93. The molecule has 1 aromatic carbocycles. The van der Waals surface area contributed by atoms with Gasteiger partial charge in [0.2, 0.25) is 0 Å². The molecule has 1 unspecified atom stereocenters. The number of hydrogen-bond donors (Lipinski definition) is 3. The molecule has 0 aromatic heterocycles. The lowest BCUT2D eigenvalue weighted by Gasteiger charge is -2.26. The van der Waals surface area contributed by atoms with Crippen molar-refractivity contribution in [3.8, 4) is 0 Å². The van der Waals surface area contributed by atoms with Crippen molar-refractivity contribution in [2.24, 2.45) is 11.8 Å². The Morgan fingerprint density at radius 2 is 2.00 bits per heavy atom. The van der Waals surface area contributed by atoms with E-state index in [0.717, 1.165) is 5.56 Å². The van der Waals surface area contributed by atoms with Gasteiger partial charge in [-0.1, -0.05) is 30.3 Å². The maximum Gasteiger partial charge on any atom is 0.322 e. The van der Waals surface area contributed by atoms with Crippen LogP contribution in [0.1, 0.15) is 18.4 Å². The van der Waals surface area contributed by atoms with Crippen LogP contribution in [0.15, 0.2) is 30.3 Å². The fourth-order valence-electron chi connectivity index (χ4n) is 3.13. The summed E-state index contributed by atoms with van der Waals surface area (Å²) in [7, 11) is 0. The van der Waals surface area contributed by atoms with E-state index in [1.165, 1.54) is 0 Å². The van der Waals surface area contributed by atoms with Crippen molar-refractivity contribution in [3.05, 3.63) is 35.9 Å². The van der Waals surface area contributed by atoms with E-state index in [2.05, 4.69) is 10.6 Å². The Morgan fingerprint density at radius 1 is 1.29 bits per heavy atom. The second kappa shape index (κ2) is 4.87. The average Bonchev–Trinajstić information content (AvgIpc) is 3.20. The Morgan fingerprint density at radius 3 is 2.52 bits per heavy atom. The van der Waals surface area contributed by atoms with E-state index in [9.17, 15) is 14.4 Å². The maximum atomic E-state index is 12.2. The maximum absolute atomic E-state index is 12.2. The van der Waals surface area contributed by atoms with Crippen molar-refractivity contribution >= 4 is 17.9 Å². The molecule has 3 rings (SSSR count). The minimum absolute atomic E-state index is 0.329. The molecule has 3 N–H and O–H groups in total. The van der Waals surface area contributed by atoms with Crippen LogP contribution in [0.2, 0.25) is 0 Å². The van der Waals surface area contributed by atoms with E-state index in [1.54, 1.807) is 0 Å². The van der Waals surface area contributed by atoms with Gasteiger partial charge < -0.3 is 10.4 Å². The highest BCUT2D eigenvalue weighted by Gasteiger charge is 2.62. The van der Waals surface area contributed by atoms with Gasteiger partial charge in [0, 0.05) is 5.92 Å². The Bertz CT molecular complexity index is 601. The summed E-state index contributed by atoms with van der Waals surface area (Å²) in [5.74, 6) is -2.19. The number of hydrogen-bond acceptors (Lipinski definition) is 3. The van der Waals surface area contributed by atoms with Crippen molar-refractivity contribution in [1.29, 1.82) is 0 Å². The largest absolute Gasteiger partial charge is 0.481 e. The highest BCUT2D eigenvalue weighted by atomic mass is 16.4. The SMILES string of the molecule is O=C1NC(=O)C(CCc2ccccc2)([C@H]2C[C@@H]2C(=O)O)N1. The minimum Gasteiger partial charge on any atom is -0.481 e. The van der Waals surface area contributed by atoms with Gasteiger partial charge in [-0.3, -0.25) is 14.9 Å². The molecule has 2 fully saturated rings. The van der Waals surface area contributed by atoms with E-state index in [-0.39, 0.29) is 5.92 Å². The third-order valence-corrected chi connectivity index (χ3v) is 4.36. The second-order valence-electron chi connectivity index (χ2n) is 5.65. The van der Waals surface area contributed by atoms with Gasteiger partial charge in [-0.05, 0) is 24.8 Å². The number of carboxylic acid groups (broad SMARTS) is 1. The monoisotopic (exact) mass is 288 g/mol. The molecular weight excluding hydrogens is 272 g/mol. The number of aryl methyl sites for hydroxylation is 1. The Kier molecular flexibility index (Phi) is 3.16. The molecule has 1 aliphatic heterocycles. The molecule has 3 atom stereocenters. The average molecular weight is 288 g/mol. The molecule has 3 amide bonds. The van der Waals surface area contributed by atoms with Gasteiger partial charge in [-0.2, -0.15) is 0 Å². The lowest BCUT2D eigenvalue weighted by Crippen LogP contribution is -2.50. The van der Waals surface area contributed by atoms with Gasteiger partial charge in [-0.25, -0.2) is 4.79 Å². The summed E-state index contributed by atoms with van der Waals surface area (Å²) in [5.41, 5.74) is -0.0333. The molecule has 1 aliphatic carbocycles. The van der Waals surface area contributed by atoms with Crippen molar-refractivity contribution in [2.45, 2.75) is 24.8 Å². The van der Waals surface area contributed by atoms with Crippen LogP contribution in [0.5, 0.6) is 0 Å². The number of carbonyl (C=O) groups is 3. The van der Waals surface area contributed by atoms with Crippen molar-refractivity contribution in [1.82, 2.24) is 10.6 Å². The van der Waals surface area contributed by atoms with Crippen LogP contribution in [-0.2, 0) is 16.0 Å². The lowest BCUT2D eigenvalue weighted by molar-refractivity contribution is -0.139. The summed E-state index contributed by atoms with van der Waals surface area (Å²) < 4.78 is 0. The summed E-state index contributed by atoms with van der Waals surface area (Å²) in [4.78, 5) is 34.8. The second-order valence-corrected chi connectivity index (χ2v) is 5.65. The smallest absolute Gasteiger partial charge is 0.322 e. The normalized spacial score (nSPS) is 30.7. The van der Waals surface area contributed by atoms with E-state index < -0.39 is 29.4 Å². The quantitative estimate of drug-likeness (QED) is 0.702. The third kappa shape index (κ3) is 2.37. The zero-order chi connectivity index (χ0) is 15.0. The molecule has 1 saturated carbocycles. The van der Waals surface area contributed by atoms with Crippen LogP contribution < -0.4 is 10.6 Å². The van der Waals surface area contributed by atoms with Crippen LogP contribution in [-0.4, -0.2) is 28.6 Å². The number of aliphatic carboxylic acids is 1. The van der Waals surface area contributed by atoms with Gasteiger partial charge in [0.1, 0.15) is 5.54 Å². The van der Waals surface area contributed by atoms with E-state index in [4.69, 9.17) is 5.11 Å². The van der Waals surface area contributed by atoms with Crippen molar-refractivity contribution in [2.75, 3.05) is 0 Å². The standard InChI is InChI=1S/C15H16N2O4/c18-12(19)10-8-11(10)15(13(20)16-14(21)17-15)7-6-9-4-2-1-3-5-9/h1-5,10-11H,6-8H2,(H,18,19)(H2,16,17,20,21)/t10-,11-,15?/m0/s1. The fourth-order valence-corrected chi connectivity index (χ4v) is 3.13. The summed E-state index contributed by atoms with van der Waals surface area (Å²) in [5, 5.41) is 14.0. The molecule has 110 valence electrons. The van der Waals surface area contributed by atoms with Gasteiger partial charge in [0.15, 0.2) is 0 Å². The number of carbonyl (C=O) groups excluding carboxylic acids is 2. The van der Waals surface area contributed by atoms with Gasteiger partial charge in [0.05, 0.1) is 5.92 Å². The van der Waals surface area contributed by atoms with Crippen LogP contribution in [0.25, 0.3) is 0 Å². The molecule has 6 heteroatoms. The topological polar surface area (TPSA) is 95.5 Å². The molecule has 0 radical (unpaired) electrons. The van der Waals surface area contributed by atoms with Gasteiger partial charge in [0.25, 0.3) is 5.91 Å². The first-order valence-corrected chi connectivity index (χ1v) is 6.93. The number of urea groups is 1. The van der Waals surface area contributed by atoms with Gasteiger partial charge >= 0.3 is 12.0 Å². The van der Waals surface area contributed by atoms with E-state index >= 15 is 0 Å². The molecule has 2 aliphatic rings. The minimum atomic E-state index is -1.09. The zero-order valence-electron chi connectivity index (χ0n) is 11.3. The van der Waals surface area contributed by atoms with Crippen molar-refractivity contribution < 1.29 is 19.5 Å². The molecule has 0 spiro atoms. The zero-order valence-corrected chi connectivity index (χ0v) is 11.3. The highest BCUT2D eigenvalue weighted by Crippen LogP contribution is 2.49. The molecule has 1 aromatic rings. The number of rotatable bonds is 5. The highest BCUT2D eigenvalue weighted by molar-refractivity contribution is 6.07. The summed E-state index contributed by atoms with van der Waals surface area (Å²) in [6.45, 7) is 0. The van der Waals surface area contributed by atoms with Crippen LogP contribution in [0, 0.1) is 11.8 Å². The van der Waals surface area contributed by atoms with Crippen molar-refractivity contribution in [3.63, 3.8) is 0 Å². The van der Waals surface area contributed by atoms with E-state index in [0.29, 0.717) is 19.3 Å². The lowest BCUT2D eigenvalue weighted by atomic mass is 9.85. The molecule has 1 heterocycles. The number of carboxylic acids is 1. The van der Waals surface area contributed by atoms with E-state index in [1.807, 2.05) is 30.3 Å². The molecular formula is C15H16N2O4. The van der Waals surface area contributed by atoms with Gasteiger partial charge in [-0.15, -0.1) is 0 Å². The Balaban J connectivity index is 1.79. The third-order valence-electron chi connectivity index (χ3n) is 4.36. The molecule has 1 saturated heterocycles. The predicted octanol–water partition coefficient (Wildman–Crippen LogP) is 0.918. The number of nitrogens with one attached hydrogen (secondary N) is 2. The molecule has 21 heavy (non-hydrogen) atoms. The first kappa shape index (κ1) is 13.6. The summed E-state index contributed by atoms with van der Waals surface area (Å²) in [6, 6.07) is 9.08. The number of amides is 3. The Labute approximate surface area is 121 Å². The number of benzene rings is 1. The first-order chi connectivity index (χ1) is 10.0. The summed E-state index contributed by atoms with van der Waals surface area (Å²) in [6.07, 6.45) is 1.44. The predicted molar refractivity (Wildman–Crippen MR) is 73.4 cm³/mol. The fraction of sp³-hybridized carbons (Fsp3) is 0.400.